The van der Waals surface area contributed by atoms with Crippen LogP contribution in [-0.2, 0) is 17.1 Å². The number of halogens is 6. The van der Waals surface area contributed by atoms with Crippen molar-refractivity contribution in [3.63, 3.8) is 0 Å². The first-order chi connectivity index (χ1) is 18.3. The fraction of sp³-hybridized carbons (Fsp3) is 0.481. The minimum absolute atomic E-state index is 0.0538. The normalized spacial score (nSPS) is 19.3. The highest BCUT2D eigenvalue weighted by Gasteiger charge is 2.37. The van der Waals surface area contributed by atoms with Gasteiger partial charge in [-0.25, -0.2) is 0 Å². The maximum absolute atomic E-state index is 13.0. The standard InChI is InChI=1S/C27H30F6N4O2/c1-17-3-2-4-23(11-17)36-9-6-22(7-10-36)37-8-5-21(16-37)35-24(38)15-34-25(39)18-12-19(26(28,29)30)14-20(13-18)27(31,32)33/h2-4,11-14,21-22H,5-10,15-16H2,1H3,(H,34,39)(H,35,38)/t21-/m1/s1. The monoisotopic (exact) mass is 556 g/mol. The van der Waals surface area contributed by atoms with Gasteiger partial charge in [-0.3, -0.25) is 14.5 Å². The highest BCUT2D eigenvalue weighted by molar-refractivity contribution is 5.96. The Balaban J connectivity index is 1.25. The molecule has 0 aromatic heterocycles. The SMILES string of the molecule is Cc1cccc(N2CCC(N3CC[C@@H](NC(=O)CNC(=O)c4cc(C(F)(F)F)cc(C(F)(F)F)c4)C3)CC2)c1. The fourth-order valence-electron chi connectivity index (χ4n) is 5.18. The predicted molar refractivity (Wildman–Crippen MR) is 133 cm³/mol. The largest absolute Gasteiger partial charge is 0.416 e. The number of anilines is 1. The summed E-state index contributed by atoms with van der Waals surface area (Å²) in [6, 6.07) is 9.23. The van der Waals surface area contributed by atoms with E-state index in [2.05, 4.69) is 45.6 Å². The van der Waals surface area contributed by atoms with Crippen molar-refractivity contribution in [1.29, 1.82) is 0 Å². The van der Waals surface area contributed by atoms with Crippen LogP contribution in [0.4, 0.5) is 32.0 Å². The van der Waals surface area contributed by atoms with E-state index in [-0.39, 0.29) is 12.1 Å². The first-order valence-corrected chi connectivity index (χ1v) is 12.7. The van der Waals surface area contributed by atoms with Gasteiger partial charge in [0, 0.05) is 49.5 Å². The summed E-state index contributed by atoms with van der Waals surface area (Å²) in [6.45, 7) is 4.80. The maximum Gasteiger partial charge on any atom is 0.416 e. The van der Waals surface area contributed by atoms with Gasteiger partial charge in [0.2, 0.25) is 5.91 Å². The summed E-state index contributed by atoms with van der Waals surface area (Å²) < 4.78 is 78.3. The number of amides is 2. The van der Waals surface area contributed by atoms with Crippen molar-refractivity contribution < 1.29 is 35.9 Å². The van der Waals surface area contributed by atoms with Crippen molar-refractivity contribution in [2.24, 2.45) is 0 Å². The number of hydrogen-bond acceptors (Lipinski definition) is 4. The number of rotatable bonds is 6. The average molecular weight is 557 g/mol. The second-order valence-corrected chi connectivity index (χ2v) is 10.1. The van der Waals surface area contributed by atoms with Crippen LogP contribution in [0.2, 0.25) is 0 Å². The molecule has 2 aliphatic heterocycles. The van der Waals surface area contributed by atoms with Gasteiger partial charge >= 0.3 is 12.4 Å². The summed E-state index contributed by atoms with van der Waals surface area (Å²) in [6.07, 6.45) is -7.46. The highest BCUT2D eigenvalue weighted by atomic mass is 19.4. The van der Waals surface area contributed by atoms with Gasteiger partial charge in [0.25, 0.3) is 5.91 Å². The van der Waals surface area contributed by atoms with Crippen molar-refractivity contribution in [1.82, 2.24) is 15.5 Å². The van der Waals surface area contributed by atoms with Crippen molar-refractivity contribution in [2.75, 3.05) is 37.6 Å². The smallest absolute Gasteiger partial charge is 0.371 e. The van der Waals surface area contributed by atoms with Gasteiger partial charge in [-0.1, -0.05) is 12.1 Å². The van der Waals surface area contributed by atoms with Crippen LogP contribution in [0.1, 0.15) is 46.3 Å². The van der Waals surface area contributed by atoms with Gasteiger partial charge in [-0.15, -0.1) is 0 Å². The molecule has 2 aromatic rings. The number of carbonyl (C=O) groups excluding carboxylic acids is 2. The third-order valence-corrected chi connectivity index (χ3v) is 7.19. The topological polar surface area (TPSA) is 64.7 Å². The third kappa shape index (κ3) is 7.43. The predicted octanol–water partition coefficient (Wildman–Crippen LogP) is 4.62. The molecular formula is C27H30F6N4O2. The van der Waals surface area contributed by atoms with Crippen LogP contribution in [0.5, 0.6) is 0 Å². The van der Waals surface area contributed by atoms with Gasteiger partial charge in [-0.05, 0) is 62.1 Å². The summed E-state index contributed by atoms with van der Waals surface area (Å²) in [5, 5.41) is 4.93. The van der Waals surface area contributed by atoms with E-state index in [4.69, 9.17) is 0 Å². The summed E-state index contributed by atoms with van der Waals surface area (Å²) in [5.41, 5.74) is -1.59. The van der Waals surface area contributed by atoms with Gasteiger partial charge in [0.15, 0.2) is 0 Å². The Hall–Kier alpha value is -3.28. The van der Waals surface area contributed by atoms with Crippen LogP contribution in [0.25, 0.3) is 0 Å². The molecule has 2 aromatic carbocycles. The number of nitrogens with one attached hydrogen (secondary N) is 2. The van der Waals surface area contributed by atoms with Crippen LogP contribution >= 0.6 is 0 Å². The molecule has 2 aliphatic rings. The number of hydrogen-bond donors (Lipinski definition) is 2. The number of carbonyl (C=O) groups is 2. The number of aryl methyl sites for hydroxylation is 1. The van der Waals surface area contributed by atoms with Crippen LogP contribution in [0, 0.1) is 6.92 Å². The van der Waals surface area contributed by atoms with Crippen LogP contribution in [0.3, 0.4) is 0 Å². The van der Waals surface area contributed by atoms with Crippen LogP contribution in [-0.4, -0.2) is 61.5 Å². The zero-order chi connectivity index (χ0) is 28.4. The molecule has 0 radical (unpaired) electrons. The number of benzene rings is 2. The Morgan fingerprint density at radius 1 is 0.897 bits per heavy atom. The zero-order valence-corrected chi connectivity index (χ0v) is 21.3. The Morgan fingerprint density at radius 2 is 1.54 bits per heavy atom. The first-order valence-electron chi connectivity index (χ1n) is 12.7. The summed E-state index contributed by atoms with van der Waals surface area (Å²) in [4.78, 5) is 29.4. The van der Waals surface area contributed by atoms with E-state index >= 15 is 0 Å². The molecule has 2 heterocycles. The minimum Gasteiger partial charge on any atom is -0.371 e. The Bertz CT molecular complexity index is 1160. The van der Waals surface area contributed by atoms with Crippen molar-refractivity contribution >= 4 is 17.5 Å². The molecule has 2 amide bonds. The van der Waals surface area contributed by atoms with E-state index < -0.39 is 47.4 Å². The molecule has 2 fully saturated rings. The summed E-state index contributed by atoms with van der Waals surface area (Å²) in [5.74, 6) is -1.76. The summed E-state index contributed by atoms with van der Waals surface area (Å²) in [7, 11) is 0. The van der Waals surface area contributed by atoms with Crippen molar-refractivity contribution in [2.45, 2.75) is 50.6 Å². The Kier molecular flexibility index (Phi) is 8.43. The molecule has 0 aliphatic carbocycles. The molecule has 0 unspecified atom stereocenters. The van der Waals surface area contributed by atoms with Gasteiger partial charge in [0.1, 0.15) is 0 Å². The van der Waals surface area contributed by atoms with Gasteiger partial charge in [0.05, 0.1) is 17.7 Å². The van der Waals surface area contributed by atoms with Crippen LogP contribution < -0.4 is 15.5 Å². The lowest BCUT2D eigenvalue weighted by molar-refractivity contribution is -0.143. The van der Waals surface area contributed by atoms with E-state index in [0.717, 1.165) is 32.5 Å². The summed E-state index contributed by atoms with van der Waals surface area (Å²) >= 11 is 0. The first kappa shape index (κ1) is 28.7. The van der Waals surface area contributed by atoms with Crippen molar-refractivity contribution in [3.05, 3.63) is 64.7 Å². The van der Waals surface area contributed by atoms with Gasteiger partial charge < -0.3 is 15.5 Å². The molecule has 39 heavy (non-hydrogen) atoms. The molecule has 12 heteroatoms. The fourth-order valence-corrected chi connectivity index (χ4v) is 5.18. The highest BCUT2D eigenvalue weighted by Crippen LogP contribution is 2.36. The van der Waals surface area contributed by atoms with Crippen LogP contribution in [0.15, 0.2) is 42.5 Å². The second kappa shape index (κ2) is 11.4. The molecule has 0 spiro atoms. The van der Waals surface area contributed by atoms with E-state index in [1.807, 2.05) is 6.07 Å². The lowest BCUT2D eigenvalue weighted by atomic mass is 10.0. The second-order valence-electron chi connectivity index (χ2n) is 10.1. The molecule has 1 atom stereocenters. The number of nitrogens with zero attached hydrogens (tertiary/aromatic N) is 2. The van der Waals surface area contributed by atoms with Crippen molar-refractivity contribution in [3.8, 4) is 0 Å². The van der Waals surface area contributed by atoms with E-state index in [1.54, 1.807) is 0 Å². The molecule has 0 saturated carbocycles. The van der Waals surface area contributed by atoms with E-state index in [9.17, 15) is 35.9 Å². The maximum atomic E-state index is 13.0. The zero-order valence-electron chi connectivity index (χ0n) is 21.3. The molecule has 2 N–H and O–H groups in total. The average Bonchev–Trinajstić information content (AvgIpc) is 3.34. The lowest BCUT2D eigenvalue weighted by Gasteiger charge is -2.38. The number of piperidine rings is 1. The van der Waals surface area contributed by atoms with E-state index in [0.29, 0.717) is 31.1 Å². The number of alkyl halides is 6. The molecule has 0 bridgehead atoms. The molecular weight excluding hydrogens is 526 g/mol. The Morgan fingerprint density at radius 3 is 2.13 bits per heavy atom. The minimum atomic E-state index is -5.07. The molecule has 2 saturated heterocycles. The molecule has 212 valence electrons. The third-order valence-electron chi connectivity index (χ3n) is 7.19. The quantitative estimate of drug-likeness (QED) is 0.510. The van der Waals surface area contributed by atoms with E-state index in [1.165, 1.54) is 11.3 Å². The molecule has 6 nitrogen and oxygen atoms in total. The molecule has 4 rings (SSSR count). The van der Waals surface area contributed by atoms with Gasteiger partial charge in [-0.2, -0.15) is 26.3 Å². The lowest BCUT2D eigenvalue weighted by Crippen LogP contribution is -2.46. The Labute approximate surface area is 222 Å². The number of likely N-dealkylation sites (tertiary alicyclic amines) is 1.